The molecule has 0 radical (unpaired) electrons. The van der Waals surface area contributed by atoms with E-state index in [1.807, 2.05) is 6.92 Å². The van der Waals surface area contributed by atoms with Crippen LogP contribution >= 0.6 is 0 Å². The van der Waals surface area contributed by atoms with Crippen LogP contribution in [0.1, 0.15) is 39.0 Å². The minimum atomic E-state index is 0.593. The minimum absolute atomic E-state index is 0.593. The van der Waals surface area contributed by atoms with Gasteiger partial charge in [0.2, 0.25) is 0 Å². The van der Waals surface area contributed by atoms with Gasteiger partial charge in [-0.15, -0.1) is 11.8 Å². The Bertz CT molecular complexity index is 263. The van der Waals surface area contributed by atoms with Crippen molar-refractivity contribution in [2.75, 3.05) is 32.7 Å². The summed E-state index contributed by atoms with van der Waals surface area (Å²) in [5, 5.41) is 3.58. The average Bonchev–Trinajstić information content (AvgIpc) is 2.31. The summed E-state index contributed by atoms with van der Waals surface area (Å²) in [6, 6.07) is 0. The molecule has 2 heteroatoms. The normalized spacial score (nSPS) is 31.1. The number of nitrogens with zero attached hydrogens (tertiary/aromatic N) is 1. The van der Waals surface area contributed by atoms with Crippen LogP contribution in [0.15, 0.2) is 0 Å². The van der Waals surface area contributed by atoms with Crippen molar-refractivity contribution in [3.63, 3.8) is 0 Å². The van der Waals surface area contributed by atoms with Crippen LogP contribution in [-0.4, -0.2) is 37.6 Å². The highest BCUT2D eigenvalue weighted by atomic mass is 15.1. The van der Waals surface area contributed by atoms with Gasteiger partial charge < -0.3 is 10.2 Å². The molecule has 2 saturated heterocycles. The van der Waals surface area contributed by atoms with Crippen LogP contribution in [0.3, 0.4) is 0 Å². The number of piperidine rings is 2. The van der Waals surface area contributed by atoms with E-state index in [1.54, 1.807) is 0 Å². The van der Waals surface area contributed by atoms with Gasteiger partial charge in [0.25, 0.3) is 0 Å². The van der Waals surface area contributed by atoms with Gasteiger partial charge in [-0.3, -0.25) is 0 Å². The maximum Gasteiger partial charge on any atom is 0.0216 e. The zero-order valence-electron chi connectivity index (χ0n) is 10.5. The molecular weight excluding hydrogens is 196 g/mol. The first kappa shape index (κ1) is 12.0. The third-order valence-corrected chi connectivity index (χ3v) is 4.03. The molecule has 1 unspecified atom stereocenters. The van der Waals surface area contributed by atoms with Crippen LogP contribution in [0.5, 0.6) is 0 Å². The van der Waals surface area contributed by atoms with Crippen molar-refractivity contribution in [1.29, 1.82) is 0 Å². The standard InChI is InChI=1S/C14H24N2/c1-2-3-4-10-16-11-6-8-14(13-16)7-5-9-15-12-14/h15H,4-13H2,1H3. The van der Waals surface area contributed by atoms with Crippen molar-refractivity contribution in [1.82, 2.24) is 10.2 Å². The molecule has 90 valence electrons. The fourth-order valence-electron chi connectivity index (χ4n) is 3.22. The van der Waals surface area contributed by atoms with Crippen molar-refractivity contribution in [2.45, 2.75) is 39.0 Å². The summed E-state index contributed by atoms with van der Waals surface area (Å²) < 4.78 is 0. The Kier molecular flexibility index (Phi) is 4.26. The Balaban J connectivity index is 1.84. The molecule has 2 aliphatic rings. The molecule has 0 aromatic heterocycles. The monoisotopic (exact) mass is 220 g/mol. The van der Waals surface area contributed by atoms with Crippen molar-refractivity contribution < 1.29 is 0 Å². The zero-order valence-corrected chi connectivity index (χ0v) is 10.5. The van der Waals surface area contributed by atoms with E-state index >= 15 is 0 Å². The molecule has 0 aromatic carbocycles. The summed E-state index contributed by atoms with van der Waals surface area (Å²) in [4.78, 5) is 2.63. The van der Waals surface area contributed by atoms with Gasteiger partial charge in [0, 0.05) is 26.1 Å². The van der Waals surface area contributed by atoms with E-state index < -0.39 is 0 Å². The number of likely N-dealkylation sites (tertiary alicyclic amines) is 1. The third kappa shape index (κ3) is 2.99. The van der Waals surface area contributed by atoms with E-state index in [9.17, 15) is 0 Å². The molecule has 2 heterocycles. The lowest BCUT2D eigenvalue weighted by Crippen LogP contribution is -2.51. The SMILES string of the molecule is CC#CCCN1CCCC2(CCCNC2)C1. The molecule has 2 rings (SSSR count). The smallest absolute Gasteiger partial charge is 0.0216 e. The molecule has 0 amide bonds. The van der Waals surface area contributed by atoms with Gasteiger partial charge in [-0.1, -0.05) is 0 Å². The summed E-state index contributed by atoms with van der Waals surface area (Å²) >= 11 is 0. The summed E-state index contributed by atoms with van der Waals surface area (Å²) in [5.41, 5.74) is 0.593. The van der Waals surface area contributed by atoms with Gasteiger partial charge in [-0.2, -0.15) is 0 Å². The Morgan fingerprint density at radius 1 is 1.31 bits per heavy atom. The van der Waals surface area contributed by atoms with Crippen LogP contribution in [0, 0.1) is 17.3 Å². The van der Waals surface area contributed by atoms with E-state index in [4.69, 9.17) is 0 Å². The molecule has 2 fully saturated rings. The van der Waals surface area contributed by atoms with Crippen LogP contribution in [0.25, 0.3) is 0 Å². The van der Waals surface area contributed by atoms with Gasteiger partial charge >= 0.3 is 0 Å². The van der Waals surface area contributed by atoms with E-state index in [0.717, 1.165) is 6.42 Å². The Morgan fingerprint density at radius 2 is 2.19 bits per heavy atom. The van der Waals surface area contributed by atoms with E-state index in [1.165, 1.54) is 58.4 Å². The average molecular weight is 220 g/mol. The topological polar surface area (TPSA) is 15.3 Å². The van der Waals surface area contributed by atoms with Crippen molar-refractivity contribution in [3.05, 3.63) is 0 Å². The summed E-state index contributed by atoms with van der Waals surface area (Å²) in [7, 11) is 0. The number of nitrogens with one attached hydrogen (secondary N) is 1. The fraction of sp³-hybridized carbons (Fsp3) is 0.857. The van der Waals surface area contributed by atoms with Crippen LogP contribution in [0.4, 0.5) is 0 Å². The fourth-order valence-corrected chi connectivity index (χ4v) is 3.22. The van der Waals surface area contributed by atoms with Crippen LogP contribution < -0.4 is 5.32 Å². The molecule has 1 atom stereocenters. The van der Waals surface area contributed by atoms with Crippen LogP contribution in [0.2, 0.25) is 0 Å². The highest BCUT2D eigenvalue weighted by molar-refractivity contribution is 4.97. The first-order valence-corrected chi connectivity index (χ1v) is 6.67. The van der Waals surface area contributed by atoms with Crippen molar-refractivity contribution in [3.8, 4) is 11.8 Å². The molecule has 16 heavy (non-hydrogen) atoms. The van der Waals surface area contributed by atoms with Gasteiger partial charge in [0.05, 0.1) is 0 Å². The predicted molar refractivity (Wildman–Crippen MR) is 68.3 cm³/mol. The molecule has 0 aliphatic carbocycles. The van der Waals surface area contributed by atoms with Gasteiger partial charge in [-0.05, 0) is 51.1 Å². The van der Waals surface area contributed by atoms with Crippen molar-refractivity contribution >= 4 is 0 Å². The molecule has 0 bridgehead atoms. The number of hydrogen-bond acceptors (Lipinski definition) is 2. The lowest BCUT2D eigenvalue weighted by Gasteiger charge is -2.45. The highest BCUT2D eigenvalue weighted by Gasteiger charge is 2.35. The maximum absolute atomic E-state index is 3.58. The quantitative estimate of drug-likeness (QED) is 0.715. The second-order valence-corrected chi connectivity index (χ2v) is 5.34. The molecule has 2 nitrogen and oxygen atoms in total. The van der Waals surface area contributed by atoms with Gasteiger partial charge in [0.15, 0.2) is 0 Å². The molecule has 0 aromatic rings. The highest BCUT2D eigenvalue weighted by Crippen LogP contribution is 2.35. The van der Waals surface area contributed by atoms with Crippen molar-refractivity contribution in [2.24, 2.45) is 5.41 Å². The number of hydrogen-bond donors (Lipinski definition) is 1. The van der Waals surface area contributed by atoms with E-state index in [-0.39, 0.29) is 0 Å². The Hall–Kier alpha value is -0.520. The van der Waals surface area contributed by atoms with E-state index in [0.29, 0.717) is 5.41 Å². The summed E-state index contributed by atoms with van der Waals surface area (Å²) in [6.07, 6.45) is 6.63. The summed E-state index contributed by atoms with van der Waals surface area (Å²) in [6.45, 7) is 8.15. The predicted octanol–water partition coefficient (Wildman–Crippen LogP) is 1.87. The molecular formula is C14H24N2. The second kappa shape index (κ2) is 5.70. The minimum Gasteiger partial charge on any atom is -0.316 e. The maximum atomic E-state index is 3.58. The first-order chi connectivity index (χ1) is 7.85. The summed E-state index contributed by atoms with van der Waals surface area (Å²) in [5.74, 6) is 6.17. The van der Waals surface area contributed by atoms with Gasteiger partial charge in [0.1, 0.15) is 0 Å². The lowest BCUT2D eigenvalue weighted by molar-refractivity contribution is 0.0661. The Morgan fingerprint density at radius 3 is 2.94 bits per heavy atom. The molecule has 1 spiro atoms. The van der Waals surface area contributed by atoms with Gasteiger partial charge in [-0.25, -0.2) is 0 Å². The van der Waals surface area contributed by atoms with E-state index in [2.05, 4.69) is 22.1 Å². The first-order valence-electron chi connectivity index (χ1n) is 6.67. The second-order valence-electron chi connectivity index (χ2n) is 5.34. The molecule has 2 aliphatic heterocycles. The Labute approximate surface area is 99.8 Å². The molecule has 1 N–H and O–H groups in total. The molecule has 0 saturated carbocycles. The lowest BCUT2D eigenvalue weighted by atomic mass is 9.74. The zero-order chi connectivity index (χ0) is 11.3. The largest absolute Gasteiger partial charge is 0.316 e. The number of rotatable bonds is 2. The third-order valence-electron chi connectivity index (χ3n) is 4.03. The van der Waals surface area contributed by atoms with Crippen LogP contribution in [-0.2, 0) is 0 Å².